The zero-order valence-corrected chi connectivity index (χ0v) is 4.87. The van der Waals surface area contributed by atoms with Gasteiger partial charge in [0.2, 0.25) is 0 Å². The van der Waals surface area contributed by atoms with E-state index in [1.807, 2.05) is 0 Å². The highest BCUT2D eigenvalue weighted by Crippen LogP contribution is 1.90. The molecule has 9 heavy (non-hydrogen) atoms. The molecule has 0 aliphatic carbocycles. The normalized spacial score (nSPS) is 11.1. The van der Waals surface area contributed by atoms with E-state index >= 15 is 0 Å². The number of hydrogen-bond acceptors (Lipinski definition) is 4. The van der Waals surface area contributed by atoms with Gasteiger partial charge in [-0.1, -0.05) is 0 Å². The average molecular weight is 131 g/mol. The molecule has 0 spiro atoms. The second kappa shape index (κ2) is 5.27. The van der Waals surface area contributed by atoms with Crippen LogP contribution in [-0.4, -0.2) is 23.2 Å². The summed E-state index contributed by atoms with van der Waals surface area (Å²) in [5, 5.41) is 16.5. The largest absolute Gasteiger partial charge is 0.396 e. The number of allylic oxidation sites excluding steroid dienone is 1. The molecule has 0 aromatic rings. The number of aldehydes is 1. The van der Waals surface area contributed by atoms with Crippen molar-refractivity contribution in [1.29, 1.82) is 0 Å². The van der Waals surface area contributed by atoms with Gasteiger partial charge < -0.3 is 5.11 Å². The Morgan fingerprint density at radius 3 is 2.67 bits per heavy atom. The van der Waals surface area contributed by atoms with Crippen LogP contribution in [0.15, 0.2) is 11.8 Å². The maximum Gasteiger partial charge on any atom is 0.144 e. The van der Waals surface area contributed by atoms with Gasteiger partial charge in [-0.2, -0.15) is 0 Å². The van der Waals surface area contributed by atoms with E-state index in [1.54, 1.807) is 5.48 Å². The van der Waals surface area contributed by atoms with Gasteiger partial charge in [-0.25, -0.2) is 0 Å². The van der Waals surface area contributed by atoms with Crippen LogP contribution < -0.4 is 5.48 Å². The molecule has 0 bridgehead atoms. The second-order valence-electron chi connectivity index (χ2n) is 1.41. The van der Waals surface area contributed by atoms with Crippen LogP contribution in [0.4, 0.5) is 0 Å². The number of hydrogen-bond donors (Lipinski definition) is 3. The van der Waals surface area contributed by atoms with Gasteiger partial charge >= 0.3 is 0 Å². The Hall–Kier alpha value is -0.870. The molecular formula is C5H9NO3. The van der Waals surface area contributed by atoms with Crippen molar-refractivity contribution in [3.8, 4) is 0 Å². The first-order valence-corrected chi connectivity index (χ1v) is 2.50. The van der Waals surface area contributed by atoms with Crippen LogP contribution in [0.25, 0.3) is 0 Å². The van der Waals surface area contributed by atoms with Crippen molar-refractivity contribution in [3.63, 3.8) is 0 Å². The molecule has 0 aliphatic rings. The SMILES string of the molecule is O=CC=C(CCO)NO. The maximum atomic E-state index is 9.74. The maximum absolute atomic E-state index is 9.74. The van der Waals surface area contributed by atoms with E-state index in [-0.39, 0.29) is 13.0 Å². The standard InChI is InChI=1S/C5H9NO3/c7-3-1-5(6-9)2-4-8/h1,3,6,8-9H,2,4H2. The fourth-order valence-electron chi connectivity index (χ4n) is 0.379. The van der Waals surface area contributed by atoms with Crippen molar-refractivity contribution in [2.24, 2.45) is 0 Å². The summed E-state index contributed by atoms with van der Waals surface area (Å²) in [5.74, 6) is 0. The van der Waals surface area contributed by atoms with Gasteiger partial charge in [0.25, 0.3) is 0 Å². The molecule has 52 valence electrons. The molecule has 0 saturated heterocycles. The Balaban J connectivity index is 3.66. The first-order chi connectivity index (χ1) is 4.35. The molecule has 0 radical (unpaired) electrons. The molecule has 0 rings (SSSR count). The minimum atomic E-state index is -0.0900. The van der Waals surface area contributed by atoms with Crippen LogP contribution in [0.1, 0.15) is 6.42 Å². The van der Waals surface area contributed by atoms with Crippen LogP contribution in [-0.2, 0) is 4.79 Å². The predicted molar refractivity (Wildman–Crippen MR) is 30.8 cm³/mol. The number of nitrogens with one attached hydrogen (secondary N) is 1. The molecule has 0 aromatic heterocycles. The Morgan fingerprint density at radius 1 is 1.67 bits per heavy atom. The van der Waals surface area contributed by atoms with Crippen molar-refractivity contribution < 1.29 is 15.1 Å². The monoisotopic (exact) mass is 131 g/mol. The third kappa shape index (κ3) is 3.69. The lowest BCUT2D eigenvalue weighted by Crippen LogP contribution is -2.08. The lowest BCUT2D eigenvalue weighted by Gasteiger charge is -1.98. The Labute approximate surface area is 52.8 Å². The molecule has 0 amide bonds. The summed E-state index contributed by atoms with van der Waals surface area (Å²) >= 11 is 0. The highest BCUT2D eigenvalue weighted by atomic mass is 16.5. The molecule has 3 N–H and O–H groups in total. The van der Waals surface area contributed by atoms with E-state index in [0.29, 0.717) is 12.0 Å². The summed E-state index contributed by atoms with van der Waals surface area (Å²) in [4.78, 5) is 9.74. The number of carbonyl (C=O) groups is 1. The molecule has 0 saturated carbocycles. The number of rotatable bonds is 4. The van der Waals surface area contributed by atoms with E-state index in [1.165, 1.54) is 0 Å². The Kier molecular flexibility index (Phi) is 4.76. The van der Waals surface area contributed by atoms with Gasteiger partial charge in [0.05, 0.1) is 0 Å². The minimum absolute atomic E-state index is 0.0900. The molecule has 0 aromatic carbocycles. The van der Waals surface area contributed by atoms with Crippen molar-refractivity contribution >= 4 is 6.29 Å². The van der Waals surface area contributed by atoms with Crippen LogP contribution in [0.3, 0.4) is 0 Å². The van der Waals surface area contributed by atoms with Gasteiger partial charge in [-0.05, 0) is 6.08 Å². The molecule has 0 aliphatic heterocycles. The summed E-state index contributed by atoms with van der Waals surface area (Å²) in [6, 6.07) is 0. The van der Waals surface area contributed by atoms with Crippen molar-refractivity contribution in [3.05, 3.63) is 11.8 Å². The Bertz CT molecular complexity index is 111. The molecule has 4 nitrogen and oxygen atoms in total. The van der Waals surface area contributed by atoms with Gasteiger partial charge in [-0.15, -0.1) is 0 Å². The zero-order chi connectivity index (χ0) is 7.11. The molecule has 0 atom stereocenters. The minimum Gasteiger partial charge on any atom is -0.396 e. The average Bonchev–Trinajstić information content (AvgIpc) is 1.88. The fraction of sp³-hybridized carbons (Fsp3) is 0.400. The van der Waals surface area contributed by atoms with Crippen molar-refractivity contribution in [1.82, 2.24) is 5.48 Å². The quantitative estimate of drug-likeness (QED) is 0.271. The van der Waals surface area contributed by atoms with Crippen LogP contribution in [0.2, 0.25) is 0 Å². The first-order valence-electron chi connectivity index (χ1n) is 2.50. The predicted octanol–water partition coefficient (Wildman–Crippen LogP) is -0.570. The third-order valence-corrected chi connectivity index (χ3v) is 0.794. The van der Waals surface area contributed by atoms with E-state index in [4.69, 9.17) is 10.3 Å². The van der Waals surface area contributed by atoms with E-state index in [9.17, 15) is 4.79 Å². The number of aliphatic hydroxyl groups excluding tert-OH is 1. The molecule has 4 heteroatoms. The number of aliphatic hydroxyl groups is 1. The third-order valence-electron chi connectivity index (χ3n) is 0.794. The van der Waals surface area contributed by atoms with Crippen molar-refractivity contribution in [2.75, 3.05) is 6.61 Å². The van der Waals surface area contributed by atoms with Gasteiger partial charge in [0.1, 0.15) is 6.29 Å². The van der Waals surface area contributed by atoms with E-state index < -0.39 is 0 Å². The Morgan fingerprint density at radius 2 is 2.33 bits per heavy atom. The van der Waals surface area contributed by atoms with Crippen LogP contribution in [0, 0.1) is 0 Å². The number of carbonyl (C=O) groups excluding carboxylic acids is 1. The lowest BCUT2D eigenvalue weighted by atomic mass is 10.3. The van der Waals surface area contributed by atoms with Crippen LogP contribution >= 0.6 is 0 Å². The summed E-state index contributed by atoms with van der Waals surface area (Å²) in [6.45, 7) is -0.0900. The molecular weight excluding hydrogens is 122 g/mol. The van der Waals surface area contributed by atoms with Gasteiger partial charge in [0.15, 0.2) is 0 Å². The summed E-state index contributed by atoms with van der Waals surface area (Å²) in [5.41, 5.74) is 2.09. The highest BCUT2D eigenvalue weighted by Gasteiger charge is 1.90. The van der Waals surface area contributed by atoms with Gasteiger partial charge in [-0.3, -0.25) is 15.5 Å². The van der Waals surface area contributed by atoms with Gasteiger partial charge in [0, 0.05) is 18.7 Å². The molecule has 0 heterocycles. The van der Waals surface area contributed by atoms with Crippen molar-refractivity contribution in [2.45, 2.75) is 6.42 Å². The summed E-state index contributed by atoms with van der Waals surface area (Å²) in [6.07, 6.45) is 1.94. The second-order valence-corrected chi connectivity index (χ2v) is 1.41. The van der Waals surface area contributed by atoms with E-state index in [0.717, 1.165) is 6.08 Å². The lowest BCUT2D eigenvalue weighted by molar-refractivity contribution is -0.104. The fourth-order valence-corrected chi connectivity index (χ4v) is 0.379. The molecule has 0 fully saturated rings. The topological polar surface area (TPSA) is 69.6 Å². The summed E-state index contributed by atoms with van der Waals surface area (Å²) in [7, 11) is 0. The number of hydroxylamine groups is 1. The zero-order valence-electron chi connectivity index (χ0n) is 4.87. The smallest absolute Gasteiger partial charge is 0.144 e. The van der Waals surface area contributed by atoms with Crippen LogP contribution in [0.5, 0.6) is 0 Å². The van der Waals surface area contributed by atoms with E-state index in [2.05, 4.69) is 0 Å². The summed E-state index contributed by atoms with van der Waals surface area (Å²) < 4.78 is 0. The highest BCUT2D eigenvalue weighted by molar-refractivity contribution is 5.65. The molecule has 0 unspecified atom stereocenters. The first kappa shape index (κ1) is 8.13.